The third kappa shape index (κ3) is 1.72. The van der Waals surface area contributed by atoms with Gasteiger partial charge in [-0.05, 0) is 24.0 Å². The lowest BCUT2D eigenvalue weighted by atomic mass is 10.2. The molecule has 0 saturated heterocycles. The van der Waals surface area contributed by atoms with E-state index in [9.17, 15) is 0 Å². The van der Waals surface area contributed by atoms with Crippen LogP contribution in [-0.2, 0) is 0 Å². The monoisotopic (exact) mass is 264 g/mol. The molecule has 3 heterocycles. The molecule has 3 rings (SSSR count). The standard InChI is InChI=1S/C14H16OS2/c1-7(2)11-5-9-13(16-11)14-10(15-9)6-12(17-14)8(3)4/h5-8H,1-4H3. The van der Waals surface area contributed by atoms with E-state index in [0.29, 0.717) is 11.8 Å². The van der Waals surface area contributed by atoms with Crippen molar-refractivity contribution in [1.29, 1.82) is 0 Å². The van der Waals surface area contributed by atoms with Gasteiger partial charge in [-0.3, -0.25) is 0 Å². The van der Waals surface area contributed by atoms with Crippen molar-refractivity contribution < 1.29 is 4.42 Å². The SMILES string of the molecule is CC(C)c1cc2oc3cc(C(C)C)sc3c2s1. The first-order chi connectivity index (χ1) is 8.06. The molecule has 0 unspecified atom stereocenters. The summed E-state index contributed by atoms with van der Waals surface area (Å²) in [5.41, 5.74) is 2.13. The second-order valence-electron chi connectivity index (χ2n) is 5.10. The summed E-state index contributed by atoms with van der Waals surface area (Å²) < 4.78 is 8.60. The van der Waals surface area contributed by atoms with Gasteiger partial charge in [-0.1, -0.05) is 27.7 Å². The maximum atomic E-state index is 5.93. The lowest BCUT2D eigenvalue weighted by molar-refractivity contribution is 0.668. The Labute approximate surface area is 109 Å². The van der Waals surface area contributed by atoms with Crippen molar-refractivity contribution in [2.24, 2.45) is 0 Å². The molecule has 0 radical (unpaired) electrons. The summed E-state index contributed by atoms with van der Waals surface area (Å²) in [5, 5.41) is 0. The first-order valence-electron chi connectivity index (χ1n) is 6.02. The third-order valence-corrected chi connectivity index (χ3v) is 6.00. The quantitative estimate of drug-likeness (QED) is 0.557. The first-order valence-corrected chi connectivity index (χ1v) is 7.65. The van der Waals surface area contributed by atoms with Gasteiger partial charge in [-0.15, -0.1) is 22.7 Å². The molecule has 0 saturated carbocycles. The van der Waals surface area contributed by atoms with E-state index in [4.69, 9.17) is 4.42 Å². The van der Waals surface area contributed by atoms with Crippen LogP contribution in [0.3, 0.4) is 0 Å². The highest BCUT2D eigenvalue weighted by Crippen LogP contribution is 2.42. The maximum absolute atomic E-state index is 5.93. The van der Waals surface area contributed by atoms with Crippen LogP contribution in [0.25, 0.3) is 20.6 Å². The minimum atomic E-state index is 0.585. The van der Waals surface area contributed by atoms with Gasteiger partial charge in [-0.2, -0.15) is 0 Å². The molecule has 0 bridgehead atoms. The van der Waals surface area contributed by atoms with Crippen molar-refractivity contribution in [3.05, 3.63) is 21.9 Å². The second-order valence-corrected chi connectivity index (χ2v) is 7.26. The zero-order chi connectivity index (χ0) is 12.2. The molecule has 0 aliphatic rings. The van der Waals surface area contributed by atoms with Gasteiger partial charge in [0.05, 0.1) is 9.40 Å². The summed E-state index contributed by atoms with van der Waals surface area (Å²) in [6, 6.07) is 4.40. The average Bonchev–Trinajstić information content (AvgIpc) is 2.84. The van der Waals surface area contributed by atoms with E-state index in [1.807, 2.05) is 22.7 Å². The number of hydrogen-bond donors (Lipinski definition) is 0. The molecule has 0 fully saturated rings. The van der Waals surface area contributed by atoms with E-state index in [1.165, 1.54) is 19.2 Å². The summed E-state index contributed by atoms with van der Waals surface area (Å²) in [6.45, 7) is 8.93. The van der Waals surface area contributed by atoms with Crippen molar-refractivity contribution in [2.45, 2.75) is 39.5 Å². The van der Waals surface area contributed by atoms with E-state index in [-0.39, 0.29) is 0 Å². The Kier molecular flexibility index (Phi) is 2.56. The number of fused-ring (bicyclic) bond motifs is 3. The van der Waals surface area contributed by atoms with Crippen molar-refractivity contribution in [1.82, 2.24) is 0 Å². The molecule has 1 nitrogen and oxygen atoms in total. The molecule has 0 atom stereocenters. The van der Waals surface area contributed by atoms with Crippen LogP contribution in [0, 0.1) is 0 Å². The fraction of sp³-hybridized carbons (Fsp3) is 0.429. The smallest absolute Gasteiger partial charge is 0.147 e. The van der Waals surface area contributed by atoms with Crippen molar-refractivity contribution >= 4 is 43.2 Å². The van der Waals surface area contributed by atoms with Crippen LogP contribution in [0.1, 0.15) is 49.3 Å². The Morgan fingerprint density at radius 3 is 1.59 bits per heavy atom. The van der Waals surface area contributed by atoms with Gasteiger partial charge >= 0.3 is 0 Å². The first kappa shape index (κ1) is 11.3. The Morgan fingerprint density at radius 2 is 1.24 bits per heavy atom. The molecule has 3 aromatic heterocycles. The molecule has 0 aliphatic carbocycles. The van der Waals surface area contributed by atoms with Gasteiger partial charge in [0.25, 0.3) is 0 Å². The highest BCUT2D eigenvalue weighted by molar-refractivity contribution is 7.27. The summed E-state index contributed by atoms with van der Waals surface area (Å²) in [7, 11) is 0. The van der Waals surface area contributed by atoms with E-state index in [0.717, 1.165) is 11.2 Å². The fourth-order valence-corrected chi connectivity index (χ4v) is 4.25. The predicted octanol–water partition coefficient (Wildman–Crippen LogP) is 5.96. The highest BCUT2D eigenvalue weighted by atomic mass is 32.1. The molecule has 3 aromatic rings. The number of rotatable bonds is 2. The largest absolute Gasteiger partial charge is 0.454 e. The fourth-order valence-electron chi connectivity index (χ4n) is 1.94. The Morgan fingerprint density at radius 1 is 0.824 bits per heavy atom. The van der Waals surface area contributed by atoms with Crippen LogP contribution in [-0.4, -0.2) is 0 Å². The van der Waals surface area contributed by atoms with E-state index in [1.54, 1.807) is 0 Å². The summed E-state index contributed by atoms with van der Waals surface area (Å²) in [6.07, 6.45) is 0. The summed E-state index contributed by atoms with van der Waals surface area (Å²) in [5.74, 6) is 1.17. The Balaban J connectivity index is 2.23. The molecule has 0 N–H and O–H groups in total. The molecular weight excluding hydrogens is 248 g/mol. The normalized spacial score (nSPS) is 12.6. The number of hydrogen-bond acceptors (Lipinski definition) is 3. The van der Waals surface area contributed by atoms with Gasteiger partial charge in [-0.25, -0.2) is 0 Å². The van der Waals surface area contributed by atoms with E-state index >= 15 is 0 Å². The van der Waals surface area contributed by atoms with Crippen LogP contribution in [0.15, 0.2) is 16.5 Å². The molecule has 0 spiro atoms. The van der Waals surface area contributed by atoms with Crippen LogP contribution < -0.4 is 0 Å². The summed E-state index contributed by atoms with van der Waals surface area (Å²) >= 11 is 3.77. The zero-order valence-electron chi connectivity index (χ0n) is 10.5. The average molecular weight is 264 g/mol. The van der Waals surface area contributed by atoms with Crippen LogP contribution in [0.5, 0.6) is 0 Å². The van der Waals surface area contributed by atoms with Crippen molar-refractivity contribution in [3.63, 3.8) is 0 Å². The van der Waals surface area contributed by atoms with Crippen molar-refractivity contribution in [3.8, 4) is 0 Å². The molecule has 3 heteroatoms. The van der Waals surface area contributed by atoms with Gasteiger partial charge in [0, 0.05) is 9.75 Å². The molecular formula is C14H16OS2. The lowest BCUT2D eigenvalue weighted by Gasteiger charge is -1.96. The number of thiophene rings is 2. The molecule has 90 valence electrons. The second kappa shape index (κ2) is 3.85. The molecule has 0 aromatic carbocycles. The van der Waals surface area contributed by atoms with E-state index in [2.05, 4.69) is 39.8 Å². The van der Waals surface area contributed by atoms with Gasteiger partial charge < -0.3 is 4.42 Å². The van der Waals surface area contributed by atoms with Crippen LogP contribution in [0.4, 0.5) is 0 Å². The van der Waals surface area contributed by atoms with Gasteiger partial charge in [0.1, 0.15) is 11.2 Å². The van der Waals surface area contributed by atoms with Gasteiger partial charge in [0.15, 0.2) is 0 Å². The van der Waals surface area contributed by atoms with E-state index < -0.39 is 0 Å². The predicted molar refractivity (Wildman–Crippen MR) is 77.7 cm³/mol. The molecule has 17 heavy (non-hydrogen) atoms. The molecule has 0 aliphatic heterocycles. The minimum absolute atomic E-state index is 0.585. The van der Waals surface area contributed by atoms with Crippen molar-refractivity contribution in [2.75, 3.05) is 0 Å². The third-order valence-electron chi connectivity index (χ3n) is 3.00. The summed E-state index contributed by atoms with van der Waals surface area (Å²) in [4.78, 5) is 2.83. The zero-order valence-corrected chi connectivity index (χ0v) is 12.2. The van der Waals surface area contributed by atoms with Gasteiger partial charge in [0.2, 0.25) is 0 Å². The Bertz CT molecular complexity index is 610. The van der Waals surface area contributed by atoms with Crippen LogP contribution in [0.2, 0.25) is 0 Å². The number of furan rings is 1. The van der Waals surface area contributed by atoms with Crippen LogP contribution >= 0.6 is 22.7 Å². The highest BCUT2D eigenvalue weighted by Gasteiger charge is 2.16. The maximum Gasteiger partial charge on any atom is 0.147 e. The Hall–Kier alpha value is -0.800. The lowest BCUT2D eigenvalue weighted by Crippen LogP contribution is -1.77. The minimum Gasteiger partial charge on any atom is -0.454 e. The topological polar surface area (TPSA) is 13.1 Å². The molecule has 0 amide bonds.